The van der Waals surface area contributed by atoms with E-state index in [1.54, 1.807) is 23.9 Å². The standard InChI is InChI=1S/C16H15Cl2N5O/c1-23-16(20-21-22-23)19-9-11-3-2-4-13(7-11)24-10-12-5-6-14(17)15(18)8-12/h2-8H,9-10H2,1H3,(H,19,20,22). The van der Waals surface area contributed by atoms with E-state index in [1.165, 1.54) is 0 Å². The molecule has 24 heavy (non-hydrogen) atoms. The minimum absolute atomic E-state index is 0.418. The molecule has 0 spiro atoms. The fourth-order valence-corrected chi connectivity index (χ4v) is 2.42. The molecule has 0 aliphatic rings. The third-order valence-electron chi connectivity index (χ3n) is 3.36. The molecule has 1 N–H and O–H groups in total. The Balaban J connectivity index is 1.60. The molecule has 3 aromatic rings. The highest BCUT2D eigenvalue weighted by molar-refractivity contribution is 6.42. The van der Waals surface area contributed by atoms with Gasteiger partial charge in [0.25, 0.3) is 0 Å². The monoisotopic (exact) mass is 363 g/mol. The van der Waals surface area contributed by atoms with Crippen molar-refractivity contribution in [2.24, 2.45) is 7.05 Å². The van der Waals surface area contributed by atoms with Crippen LogP contribution in [-0.4, -0.2) is 20.2 Å². The zero-order valence-corrected chi connectivity index (χ0v) is 14.4. The fourth-order valence-electron chi connectivity index (χ4n) is 2.10. The number of hydrogen-bond acceptors (Lipinski definition) is 5. The SMILES string of the molecule is Cn1nnnc1NCc1cccc(OCc2ccc(Cl)c(Cl)c2)c1. The Hall–Kier alpha value is -2.31. The average molecular weight is 364 g/mol. The Morgan fingerprint density at radius 2 is 1.96 bits per heavy atom. The predicted molar refractivity (Wildman–Crippen MR) is 93.4 cm³/mol. The normalized spacial score (nSPS) is 10.6. The summed E-state index contributed by atoms with van der Waals surface area (Å²) in [5.41, 5.74) is 2.02. The number of aryl methyl sites for hydroxylation is 1. The number of anilines is 1. The molecule has 0 bridgehead atoms. The van der Waals surface area contributed by atoms with Crippen LogP contribution < -0.4 is 10.1 Å². The lowest BCUT2D eigenvalue weighted by atomic mass is 10.2. The van der Waals surface area contributed by atoms with Gasteiger partial charge < -0.3 is 10.1 Å². The number of nitrogens with zero attached hydrogens (tertiary/aromatic N) is 4. The van der Waals surface area contributed by atoms with Gasteiger partial charge in [-0.25, -0.2) is 4.68 Å². The maximum atomic E-state index is 6.01. The van der Waals surface area contributed by atoms with Crippen molar-refractivity contribution in [3.63, 3.8) is 0 Å². The van der Waals surface area contributed by atoms with Crippen LogP contribution >= 0.6 is 23.2 Å². The molecule has 8 heteroatoms. The van der Waals surface area contributed by atoms with Gasteiger partial charge >= 0.3 is 0 Å². The van der Waals surface area contributed by atoms with E-state index in [9.17, 15) is 0 Å². The quantitative estimate of drug-likeness (QED) is 0.722. The maximum absolute atomic E-state index is 6.01. The van der Waals surface area contributed by atoms with Crippen molar-refractivity contribution < 1.29 is 4.74 Å². The number of halogens is 2. The number of tetrazole rings is 1. The predicted octanol–water partition coefficient (Wildman–Crippen LogP) is 3.71. The molecule has 0 radical (unpaired) electrons. The van der Waals surface area contributed by atoms with Crippen LogP contribution in [0, 0.1) is 0 Å². The molecule has 2 aromatic carbocycles. The highest BCUT2D eigenvalue weighted by atomic mass is 35.5. The third kappa shape index (κ3) is 4.15. The highest BCUT2D eigenvalue weighted by Crippen LogP contribution is 2.23. The van der Waals surface area contributed by atoms with Crippen LogP contribution in [-0.2, 0) is 20.2 Å². The first-order valence-electron chi connectivity index (χ1n) is 7.24. The Kier molecular flexibility index (Phi) is 5.17. The lowest BCUT2D eigenvalue weighted by Gasteiger charge is -2.09. The van der Waals surface area contributed by atoms with E-state index in [-0.39, 0.29) is 0 Å². The fraction of sp³-hybridized carbons (Fsp3) is 0.188. The van der Waals surface area contributed by atoms with Gasteiger partial charge in [-0.15, -0.1) is 0 Å². The number of nitrogens with one attached hydrogen (secondary N) is 1. The largest absolute Gasteiger partial charge is 0.489 e. The Labute approximate surface area is 149 Å². The average Bonchev–Trinajstić information content (AvgIpc) is 2.99. The zero-order chi connectivity index (χ0) is 16.9. The van der Waals surface area contributed by atoms with Crippen LogP contribution in [0.15, 0.2) is 42.5 Å². The summed E-state index contributed by atoms with van der Waals surface area (Å²) in [6, 6.07) is 13.3. The van der Waals surface area contributed by atoms with Gasteiger partial charge in [-0.1, -0.05) is 46.5 Å². The van der Waals surface area contributed by atoms with E-state index in [4.69, 9.17) is 27.9 Å². The van der Waals surface area contributed by atoms with Gasteiger partial charge in [-0.3, -0.25) is 0 Å². The molecule has 0 aliphatic carbocycles. The van der Waals surface area contributed by atoms with Gasteiger partial charge in [0.1, 0.15) is 12.4 Å². The van der Waals surface area contributed by atoms with Gasteiger partial charge in [0.15, 0.2) is 0 Å². The molecule has 0 amide bonds. The van der Waals surface area contributed by atoms with Crippen molar-refractivity contribution >= 4 is 29.2 Å². The van der Waals surface area contributed by atoms with E-state index in [0.717, 1.165) is 16.9 Å². The molecular weight excluding hydrogens is 349 g/mol. The van der Waals surface area contributed by atoms with E-state index in [1.807, 2.05) is 30.3 Å². The summed E-state index contributed by atoms with van der Waals surface area (Å²) in [6.45, 7) is 1.01. The number of benzene rings is 2. The van der Waals surface area contributed by atoms with Crippen LogP contribution in [0.5, 0.6) is 5.75 Å². The number of aromatic nitrogens is 4. The second-order valence-corrected chi connectivity index (χ2v) is 5.98. The van der Waals surface area contributed by atoms with Gasteiger partial charge in [0.2, 0.25) is 5.95 Å². The van der Waals surface area contributed by atoms with E-state index >= 15 is 0 Å². The van der Waals surface area contributed by atoms with Crippen molar-refractivity contribution in [2.45, 2.75) is 13.2 Å². The summed E-state index contributed by atoms with van der Waals surface area (Å²) in [7, 11) is 1.78. The molecule has 0 aliphatic heterocycles. The summed E-state index contributed by atoms with van der Waals surface area (Å²) in [4.78, 5) is 0. The van der Waals surface area contributed by atoms with E-state index in [2.05, 4.69) is 20.8 Å². The van der Waals surface area contributed by atoms with Crippen LogP contribution in [0.4, 0.5) is 5.95 Å². The molecule has 0 unspecified atom stereocenters. The van der Waals surface area contributed by atoms with Crippen molar-refractivity contribution in [3.8, 4) is 5.75 Å². The molecule has 0 fully saturated rings. The molecule has 6 nitrogen and oxygen atoms in total. The van der Waals surface area contributed by atoms with Gasteiger partial charge in [0, 0.05) is 13.6 Å². The third-order valence-corrected chi connectivity index (χ3v) is 4.10. The maximum Gasteiger partial charge on any atom is 0.242 e. The Morgan fingerprint density at radius 1 is 1.08 bits per heavy atom. The molecule has 1 aromatic heterocycles. The molecule has 0 atom stereocenters. The molecule has 0 saturated carbocycles. The van der Waals surface area contributed by atoms with Gasteiger partial charge in [0.05, 0.1) is 10.0 Å². The molecule has 124 valence electrons. The summed E-state index contributed by atoms with van der Waals surface area (Å²) >= 11 is 11.9. The first-order chi connectivity index (χ1) is 11.6. The minimum atomic E-state index is 0.418. The summed E-state index contributed by atoms with van der Waals surface area (Å²) < 4.78 is 7.39. The number of ether oxygens (including phenoxy) is 1. The van der Waals surface area contributed by atoms with Crippen LogP contribution in [0.3, 0.4) is 0 Å². The summed E-state index contributed by atoms with van der Waals surface area (Å²) in [5.74, 6) is 1.38. The molecule has 1 heterocycles. The smallest absolute Gasteiger partial charge is 0.242 e. The van der Waals surface area contributed by atoms with Crippen molar-refractivity contribution in [1.82, 2.24) is 20.2 Å². The Bertz CT molecular complexity index is 837. The lowest BCUT2D eigenvalue weighted by molar-refractivity contribution is 0.306. The molecular formula is C16H15Cl2N5O. The number of rotatable bonds is 6. The second kappa shape index (κ2) is 7.51. The van der Waals surface area contributed by atoms with Crippen LogP contribution in [0.1, 0.15) is 11.1 Å². The first kappa shape index (κ1) is 16.5. The van der Waals surface area contributed by atoms with Crippen molar-refractivity contribution in [3.05, 3.63) is 63.6 Å². The van der Waals surface area contributed by atoms with Crippen molar-refractivity contribution in [2.75, 3.05) is 5.32 Å². The zero-order valence-electron chi connectivity index (χ0n) is 12.9. The van der Waals surface area contributed by atoms with E-state index in [0.29, 0.717) is 29.1 Å². The highest BCUT2D eigenvalue weighted by Gasteiger charge is 2.04. The topological polar surface area (TPSA) is 64.9 Å². The molecule has 3 rings (SSSR count). The molecule has 0 saturated heterocycles. The van der Waals surface area contributed by atoms with Crippen LogP contribution in [0.2, 0.25) is 10.0 Å². The van der Waals surface area contributed by atoms with E-state index < -0.39 is 0 Å². The number of hydrogen-bond donors (Lipinski definition) is 1. The summed E-state index contributed by atoms with van der Waals surface area (Å²) in [6.07, 6.45) is 0. The first-order valence-corrected chi connectivity index (χ1v) is 7.99. The lowest BCUT2D eigenvalue weighted by Crippen LogP contribution is -2.06. The Morgan fingerprint density at radius 3 is 2.71 bits per heavy atom. The van der Waals surface area contributed by atoms with Gasteiger partial charge in [-0.2, -0.15) is 0 Å². The summed E-state index contributed by atoms with van der Waals surface area (Å²) in [5, 5.41) is 15.5. The van der Waals surface area contributed by atoms with Crippen LogP contribution in [0.25, 0.3) is 0 Å². The minimum Gasteiger partial charge on any atom is -0.489 e. The second-order valence-electron chi connectivity index (χ2n) is 5.16. The van der Waals surface area contributed by atoms with Crippen molar-refractivity contribution in [1.29, 1.82) is 0 Å². The van der Waals surface area contributed by atoms with Gasteiger partial charge in [-0.05, 0) is 45.8 Å².